The van der Waals surface area contributed by atoms with Crippen molar-refractivity contribution in [3.8, 4) is 6.19 Å². The maximum Gasteiger partial charge on any atom is 0.208 e. The van der Waals surface area contributed by atoms with Crippen molar-refractivity contribution < 1.29 is 0 Å². The van der Waals surface area contributed by atoms with E-state index in [4.69, 9.17) is 5.26 Å². The van der Waals surface area contributed by atoms with E-state index in [0.717, 1.165) is 23.2 Å². The lowest BCUT2D eigenvalue weighted by Gasteiger charge is -2.34. The Kier molecular flexibility index (Phi) is 4.46. The molecule has 1 saturated heterocycles. The maximum absolute atomic E-state index is 8.50. The summed E-state index contributed by atoms with van der Waals surface area (Å²) in [5.74, 6) is 2.26. The number of nitrogens with zero attached hydrogens (tertiary/aromatic N) is 3. The second kappa shape index (κ2) is 5.40. The summed E-state index contributed by atoms with van der Waals surface area (Å²) in [6.45, 7) is 3.18. The van der Waals surface area contributed by atoms with E-state index in [1.54, 1.807) is 11.8 Å². The number of hydrogen-bond donors (Lipinski definition) is 0. The molecule has 0 aromatic rings. The van der Waals surface area contributed by atoms with Crippen molar-refractivity contribution in [2.45, 2.75) is 13.0 Å². The number of thioether (sulfide) groups is 2. The molecule has 1 aliphatic heterocycles. The average Bonchev–Trinajstić information content (AvgIpc) is 2.16. The van der Waals surface area contributed by atoms with Gasteiger partial charge in [0.05, 0.1) is 0 Å². The molecule has 3 nitrogen and oxygen atoms in total. The quantitative estimate of drug-likeness (QED) is 0.350. The van der Waals surface area contributed by atoms with Gasteiger partial charge in [-0.3, -0.25) is 0 Å². The first kappa shape index (κ1) is 10.7. The predicted molar refractivity (Wildman–Crippen MR) is 60.1 cm³/mol. The Morgan fingerprint density at radius 2 is 2.54 bits per heavy atom. The third-order valence-electron chi connectivity index (χ3n) is 1.94. The van der Waals surface area contributed by atoms with Crippen LogP contribution in [0.1, 0.15) is 6.92 Å². The second-order valence-corrected chi connectivity index (χ2v) is 4.74. The van der Waals surface area contributed by atoms with Gasteiger partial charge in [-0.2, -0.15) is 17.0 Å². The zero-order valence-corrected chi connectivity index (χ0v) is 9.49. The molecule has 0 spiro atoms. The van der Waals surface area contributed by atoms with Gasteiger partial charge in [0.2, 0.25) is 6.19 Å². The Labute approximate surface area is 87.6 Å². The SMILES string of the molecule is CSC(=NC#N)N1CCSCC1C. The van der Waals surface area contributed by atoms with Gasteiger partial charge in [-0.05, 0) is 13.2 Å². The monoisotopic (exact) mass is 215 g/mol. The molecule has 1 rings (SSSR count). The molecule has 1 atom stereocenters. The Morgan fingerprint density at radius 3 is 3.08 bits per heavy atom. The van der Waals surface area contributed by atoms with Gasteiger partial charge in [-0.25, -0.2) is 0 Å². The van der Waals surface area contributed by atoms with Crippen molar-refractivity contribution in [1.29, 1.82) is 5.26 Å². The first-order valence-electron chi connectivity index (χ1n) is 4.14. The molecule has 1 fully saturated rings. The highest BCUT2D eigenvalue weighted by Gasteiger charge is 2.21. The van der Waals surface area contributed by atoms with Crippen LogP contribution in [-0.2, 0) is 0 Å². The fourth-order valence-electron chi connectivity index (χ4n) is 1.28. The van der Waals surface area contributed by atoms with E-state index in [1.165, 1.54) is 0 Å². The molecule has 13 heavy (non-hydrogen) atoms. The fourth-order valence-corrected chi connectivity index (χ4v) is 2.93. The Balaban J connectivity index is 2.67. The van der Waals surface area contributed by atoms with Crippen LogP contribution in [-0.4, -0.2) is 40.4 Å². The summed E-state index contributed by atoms with van der Waals surface area (Å²) in [6, 6.07) is 0.498. The van der Waals surface area contributed by atoms with Crippen molar-refractivity contribution in [1.82, 2.24) is 4.90 Å². The van der Waals surface area contributed by atoms with Crippen molar-refractivity contribution in [3.05, 3.63) is 0 Å². The largest absolute Gasteiger partial charge is 0.346 e. The summed E-state index contributed by atoms with van der Waals surface area (Å²) in [5, 5.41) is 9.36. The molecule has 0 saturated carbocycles. The molecule has 1 unspecified atom stereocenters. The van der Waals surface area contributed by atoms with Crippen LogP contribution in [0.25, 0.3) is 0 Å². The van der Waals surface area contributed by atoms with Crippen molar-refractivity contribution in [2.75, 3.05) is 24.3 Å². The van der Waals surface area contributed by atoms with E-state index < -0.39 is 0 Å². The van der Waals surface area contributed by atoms with E-state index in [9.17, 15) is 0 Å². The summed E-state index contributed by atoms with van der Waals surface area (Å²) in [5.41, 5.74) is 0. The Morgan fingerprint density at radius 1 is 1.77 bits per heavy atom. The van der Waals surface area contributed by atoms with E-state index >= 15 is 0 Å². The van der Waals surface area contributed by atoms with Crippen LogP contribution in [0.4, 0.5) is 0 Å². The van der Waals surface area contributed by atoms with Gasteiger partial charge in [0, 0.05) is 24.1 Å². The molecule has 0 N–H and O–H groups in total. The molecule has 1 aliphatic rings. The summed E-state index contributed by atoms with van der Waals surface area (Å²) in [6.07, 6.45) is 3.82. The Hall–Kier alpha value is -0.340. The molecule has 0 bridgehead atoms. The van der Waals surface area contributed by atoms with Gasteiger partial charge < -0.3 is 4.90 Å². The Bertz CT molecular complexity index is 234. The lowest BCUT2D eigenvalue weighted by Crippen LogP contribution is -2.43. The van der Waals surface area contributed by atoms with Gasteiger partial charge in [0.15, 0.2) is 5.17 Å². The number of hydrogen-bond acceptors (Lipinski definition) is 4. The molecule has 0 radical (unpaired) electrons. The van der Waals surface area contributed by atoms with Crippen LogP contribution in [0.15, 0.2) is 4.99 Å². The van der Waals surface area contributed by atoms with Gasteiger partial charge in [0.25, 0.3) is 0 Å². The normalized spacial score (nSPS) is 24.2. The van der Waals surface area contributed by atoms with Crippen molar-refractivity contribution in [3.63, 3.8) is 0 Å². The predicted octanol–water partition coefficient (Wildman–Crippen LogP) is 1.62. The summed E-state index contributed by atoms with van der Waals surface area (Å²) in [4.78, 5) is 6.03. The van der Waals surface area contributed by atoms with Gasteiger partial charge in [-0.1, -0.05) is 11.8 Å². The smallest absolute Gasteiger partial charge is 0.208 e. The number of nitriles is 1. The molecule has 0 aromatic carbocycles. The van der Waals surface area contributed by atoms with Crippen LogP contribution >= 0.6 is 23.5 Å². The number of aliphatic imine (C=N–C) groups is 1. The molecular weight excluding hydrogens is 202 g/mol. The average molecular weight is 215 g/mol. The third-order valence-corrected chi connectivity index (χ3v) is 3.82. The number of rotatable bonds is 0. The lowest BCUT2D eigenvalue weighted by atomic mass is 10.3. The fraction of sp³-hybridized carbons (Fsp3) is 0.750. The second-order valence-electron chi connectivity index (χ2n) is 2.82. The third kappa shape index (κ3) is 2.82. The van der Waals surface area contributed by atoms with E-state index in [1.807, 2.05) is 24.2 Å². The minimum atomic E-state index is 0.498. The van der Waals surface area contributed by atoms with Crippen LogP contribution in [0.2, 0.25) is 0 Å². The minimum absolute atomic E-state index is 0.498. The van der Waals surface area contributed by atoms with Gasteiger partial charge in [-0.15, -0.1) is 4.99 Å². The molecule has 0 amide bonds. The molecular formula is C8H13N3S2. The van der Waals surface area contributed by atoms with E-state index in [2.05, 4.69) is 16.8 Å². The molecule has 0 aliphatic carbocycles. The molecule has 72 valence electrons. The van der Waals surface area contributed by atoms with Crippen molar-refractivity contribution >= 4 is 28.7 Å². The summed E-state index contributed by atoms with van der Waals surface area (Å²) >= 11 is 3.51. The first-order valence-corrected chi connectivity index (χ1v) is 6.52. The highest BCUT2D eigenvalue weighted by Crippen LogP contribution is 2.19. The van der Waals surface area contributed by atoms with Crippen molar-refractivity contribution in [2.24, 2.45) is 4.99 Å². The van der Waals surface area contributed by atoms with E-state index in [0.29, 0.717) is 6.04 Å². The zero-order chi connectivity index (χ0) is 9.68. The first-order chi connectivity index (χ1) is 6.29. The maximum atomic E-state index is 8.50. The van der Waals surface area contributed by atoms with Crippen LogP contribution in [0.5, 0.6) is 0 Å². The van der Waals surface area contributed by atoms with Gasteiger partial charge >= 0.3 is 0 Å². The minimum Gasteiger partial charge on any atom is -0.346 e. The topological polar surface area (TPSA) is 39.4 Å². The zero-order valence-electron chi connectivity index (χ0n) is 7.86. The van der Waals surface area contributed by atoms with Crippen LogP contribution < -0.4 is 0 Å². The standard InChI is InChI=1S/C8H13N3S2/c1-7-5-13-4-3-11(7)8(12-2)10-6-9/h7H,3-5H2,1-2H3. The number of amidine groups is 1. The molecule has 5 heteroatoms. The summed E-state index contributed by atoms with van der Waals surface area (Å²) < 4.78 is 0. The van der Waals surface area contributed by atoms with Crippen LogP contribution in [0, 0.1) is 11.5 Å². The van der Waals surface area contributed by atoms with E-state index in [-0.39, 0.29) is 0 Å². The highest BCUT2D eigenvalue weighted by molar-refractivity contribution is 8.13. The highest BCUT2D eigenvalue weighted by atomic mass is 32.2. The molecule has 0 aromatic heterocycles. The van der Waals surface area contributed by atoms with Gasteiger partial charge in [0.1, 0.15) is 0 Å². The lowest BCUT2D eigenvalue weighted by molar-refractivity contribution is 0.372. The van der Waals surface area contributed by atoms with Crippen LogP contribution in [0.3, 0.4) is 0 Å². The summed E-state index contributed by atoms with van der Waals surface area (Å²) in [7, 11) is 0. The molecule has 1 heterocycles.